The molecule has 1 saturated heterocycles. The molecule has 2 amide bonds. The van der Waals surface area contributed by atoms with Gasteiger partial charge < -0.3 is 20.5 Å². The van der Waals surface area contributed by atoms with Crippen LogP contribution in [0.3, 0.4) is 0 Å². The van der Waals surface area contributed by atoms with Crippen LogP contribution < -0.4 is 10.6 Å². The molecule has 8 heteroatoms. The second kappa shape index (κ2) is 9.14. The summed E-state index contributed by atoms with van der Waals surface area (Å²) in [5.74, 6) is -2.36. The lowest BCUT2D eigenvalue weighted by Crippen LogP contribution is -2.41. The number of benzene rings is 1. The second-order valence-electron chi connectivity index (χ2n) is 5.96. The second-order valence-corrected chi connectivity index (χ2v) is 5.96. The van der Waals surface area contributed by atoms with Crippen LogP contribution in [0.25, 0.3) is 0 Å². The predicted molar refractivity (Wildman–Crippen MR) is 92.4 cm³/mol. The van der Waals surface area contributed by atoms with Gasteiger partial charge in [0.25, 0.3) is 0 Å². The van der Waals surface area contributed by atoms with Gasteiger partial charge in [0.2, 0.25) is 11.8 Å². The molecule has 0 aromatic heterocycles. The molecule has 1 aliphatic rings. The molecule has 136 valence electrons. The number of morpholine rings is 1. The summed E-state index contributed by atoms with van der Waals surface area (Å²) in [6, 6.07) is 6.71. The summed E-state index contributed by atoms with van der Waals surface area (Å²) in [5.41, 5.74) is 1.07. The van der Waals surface area contributed by atoms with Gasteiger partial charge in [0.05, 0.1) is 19.1 Å². The minimum atomic E-state index is -0.992. The van der Waals surface area contributed by atoms with E-state index >= 15 is 0 Å². The highest BCUT2D eigenvalue weighted by molar-refractivity contribution is 5.94. The molecule has 1 aliphatic heterocycles. The monoisotopic (exact) mass is 349 g/mol. The third-order valence-electron chi connectivity index (χ3n) is 3.83. The molecule has 3 N–H and O–H groups in total. The maximum atomic E-state index is 12.2. The number of hydrogen-bond acceptors (Lipinski definition) is 5. The lowest BCUT2D eigenvalue weighted by molar-refractivity contribution is -0.144. The number of amides is 2. The van der Waals surface area contributed by atoms with E-state index < -0.39 is 11.9 Å². The van der Waals surface area contributed by atoms with E-state index in [1.807, 2.05) is 4.90 Å². The minimum Gasteiger partial charge on any atom is -0.481 e. The Labute approximate surface area is 146 Å². The van der Waals surface area contributed by atoms with Crippen LogP contribution in [0, 0.1) is 5.92 Å². The first-order valence-corrected chi connectivity index (χ1v) is 8.14. The summed E-state index contributed by atoms with van der Waals surface area (Å²) in [6.07, 6.45) is -0.114. The Morgan fingerprint density at radius 2 is 1.84 bits per heavy atom. The van der Waals surface area contributed by atoms with E-state index in [1.165, 1.54) is 6.92 Å². The van der Waals surface area contributed by atoms with Gasteiger partial charge in [0.1, 0.15) is 0 Å². The number of carboxylic acids is 1. The van der Waals surface area contributed by atoms with Crippen molar-refractivity contribution in [2.45, 2.75) is 13.3 Å². The topological polar surface area (TPSA) is 108 Å². The molecule has 1 aromatic rings. The summed E-state index contributed by atoms with van der Waals surface area (Å²) < 4.78 is 5.24. The molecule has 1 fully saturated rings. The third-order valence-corrected chi connectivity index (χ3v) is 3.83. The number of ether oxygens (including phenoxy) is 1. The van der Waals surface area contributed by atoms with E-state index in [-0.39, 0.29) is 18.2 Å². The average molecular weight is 349 g/mol. The van der Waals surface area contributed by atoms with Crippen molar-refractivity contribution in [1.29, 1.82) is 0 Å². The van der Waals surface area contributed by atoms with Gasteiger partial charge in [-0.2, -0.15) is 0 Å². The van der Waals surface area contributed by atoms with Crippen molar-refractivity contribution in [3.63, 3.8) is 0 Å². The Balaban J connectivity index is 1.92. The van der Waals surface area contributed by atoms with Crippen LogP contribution in [0.2, 0.25) is 0 Å². The largest absolute Gasteiger partial charge is 0.481 e. The molecule has 2 rings (SSSR count). The van der Waals surface area contributed by atoms with E-state index in [9.17, 15) is 19.5 Å². The zero-order valence-electron chi connectivity index (χ0n) is 14.2. The summed E-state index contributed by atoms with van der Waals surface area (Å²) in [6.45, 7) is 4.21. The smallest absolute Gasteiger partial charge is 0.308 e. The lowest BCUT2D eigenvalue weighted by atomic mass is 10.0. The SMILES string of the molecule is CC(=O)Nc1cccc(NC(=O)C[C@@H](CN2CCOCC2)C(=O)O)c1. The van der Waals surface area contributed by atoms with Gasteiger partial charge in [-0.15, -0.1) is 0 Å². The van der Waals surface area contributed by atoms with Gasteiger partial charge in [-0.25, -0.2) is 0 Å². The van der Waals surface area contributed by atoms with Crippen LogP contribution in [0.1, 0.15) is 13.3 Å². The number of aliphatic carboxylic acids is 1. The number of carboxylic acid groups (broad SMARTS) is 1. The zero-order chi connectivity index (χ0) is 18.2. The van der Waals surface area contributed by atoms with Gasteiger partial charge in [-0.3, -0.25) is 19.3 Å². The molecule has 1 heterocycles. The molecule has 1 aromatic carbocycles. The van der Waals surface area contributed by atoms with Crippen molar-refractivity contribution in [2.24, 2.45) is 5.92 Å². The molecular weight excluding hydrogens is 326 g/mol. The van der Waals surface area contributed by atoms with Crippen LogP contribution in [0.5, 0.6) is 0 Å². The van der Waals surface area contributed by atoms with Crippen molar-refractivity contribution in [3.8, 4) is 0 Å². The summed E-state index contributed by atoms with van der Waals surface area (Å²) in [5, 5.41) is 14.7. The van der Waals surface area contributed by atoms with Crippen molar-refractivity contribution in [3.05, 3.63) is 24.3 Å². The Bertz CT molecular complexity index is 628. The first-order chi connectivity index (χ1) is 11.9. The van der Waals surface area contributed by atoms with Crippen molar-refractivity contribution in [2.75, 3.05) is 43.5 Å². The maximum Gasteiger partial charge on any atom is 0.308 e. The van der Waals surface area contributed by atoms with Crippen molar-refractivity contribution < 1.29 is 24.2 Å². The lowest BCUT2D eigenvalue weighted by Gasteiger charge is -2.28. The number of nitrogens with zero attached hydrogens (tertiary/aromatic N) is 1. The Morgan fingerprint density at radius 3 is 2.44 bits per heavy atom. The Hall–Kier alpha value is -2.45. The fraction of sp³-hybridized carbons (Fsp3) is 0.471. The van der Waals surface area contributed by atoms with E-state index in [0.29, 0.717) is 44.2 Å². The summed E-state index contributed by atoms with van der Waals surface area (Å²) in [7, 11) is 0. The minimum absolute atomic E-state index is 0.114. The van der Waals surface area contributed by atoms with Crippen LogP contribution in [-0.2, 0) is 19.1 Å². The van der Waals surface area contributed by atoms with E-state index in [4.69, 9.17) is 4.74 Å². The molecule has 25 heavy (non-hydrogen) atoms. The number of rotatable bonds is 7. The predicted octanol–water partition coefficient (Wildman–Crippen LogP) is 1.01. The highest BCUT2D eigenvalue weighted by atomic mass is 16.5. The van der Waals surface area contributed by atoms with Crippen LogP contribution in [0.15, 0.2) is 24.3 Å². The fourth-order valence-electron chi connectivity index (χ4n) is 2.64. The normalized spacial score (nSPS) is 16.0. The number of nitrogens with one attached hydrogen (secondary N) is 2. The molecular formula is C17H23N3O5. The molecule has 8 nitrogen and oxygen atoms in total. The Morgan fingerprint density at radius 1 is 1.20 bits per heavy atom. The van der Waals surface area contributed by atoms with E-state index in [1.54, 1.807) is 24.3 Å². The molecule has 0 unspecified atom stereocenters. The molecule has 1 atom stereocenters. The standard InChI is InChI=1S/C17H23N3O5/c1-12(21)18-14-3-2-4-15(10-14)19-16(22)9-13(17(23)24)11-20-5-7-25-8-6-20/h2-4,10,13H,5-9,11H2,1H3,(H,18,21)(H,19,22)(H,23,24)/t13-/m0/s1. The van der Waals surface area contributed by atoms with Crippen molar-refractivity contribution >= 4 is 29.2 Å². The first-order valence-electron chi connectivity index (χ1n) is 8.14. The molecule has 0 saturated carbocycles. The first kappa shape index (κ1) is 18.9. The molecule has 0 radical (unpaired) electrons. The van der Waals surface area contributed by atoms with Crippen LogP contribution in [0.4, 0.5) is 11.4 Å². The number of anilines is 2. The molecule has 0 bridgehead atoms. The van der Waals surface area contributed by atoms with Gasteiger partial charge in [0, 0.05) is 44.4 Å². The molecule has 0 aliphatic carbocycles. The van der Waals surface area contributed by atoms with Crippen LogP contribution in [-0.4, -0.2) is 60.6 Å². The number of carbonyl (C=O) groups excluding carboxylic acids is 2. The maximum absolute atomic E-state index is 12.2. The Kier molecular flexibility index (Phi) is 6.91. The summed E-state index contributed by atoms with van der Waals surface area (Å²) >= 11 is 0. The summed E-state index contributed by atoms with van der Waals surface area (Å²) in [4.78, 5) is 36.7. The highest BCUT2D eigenvalue weighted by Gasteiger charge is 2.25. The molecule has 0 spiro atoms. The highest BCUT2D eigenvalue weighted by Crippen LogP contribution is 2.16. The van der Waals surface area contributed by atoms with Crippen LogP contribution >= 0.6 is 0 Å². The van der Waals surface area contributed by atoms with Gasteiger partial charge in [-0.1, -0.05) is 6.07 Å². The third kappa shape index (κ3) is 6.52. The number of hydrogen-bond donors (Lipinski definition) is 3. The van der Waals surface area contributed by atoms with Gasteiger partial charge in [-0.05, 0) is 18.2 Å². The van der Waals surface area contributed by atoms with Gasteiger partial charge >= 0.3 is 5.97 Å². The van der Waals surface area contributed by atoms with Gasteiger partial charge in [0.15, 0.2) is 0 Å². The van der Waals surface area contributed by atoms with Crippen molar-refractivity contribution in [1.82, 2.24) is 4.90 Å². The quantitative estimate of drug-likeness (QED) is 0.678. The average Bonchev–Trinajstić information content (AvgIpc) is 2.54. The number of carbonyl (C=O) groups is 3. The van der Waals surface area contributed by atoms with E-state index in [0.717, 1.165) is 0 Å². The zero-order valence-corrected chi connectivity index (χ0v) is 14.2. The fourth-order valence-corrected chi connectivity index (χ4v) is 2.64. The van der Waals surface area contributed by atoms with E-state index in [2.05, 4.69) is 10.6 Å².